The lowest BCUT2D eigenvalue weighted by atomic mass is 9.98. The maximum absolute atomic E-state index is 12.8. The molecule has 1 aromatic rings. The third kappa shape index (κ3) is 4.68. The normalized spacial score (nSPS) is 17.3. The number of nitrogens with zero attached hydrogens (tertiary/aromatic N) is 1. The number of carbonyl (C=O) groups is 2. The van der Waals surface area contributed by atoms with Crippen molar-refractivity contribution in [3.8, 4) is 0 Å². The predicted molar refractivity (Wildman–Crippen MR) is 102 cm³/mol. The lowest BCUT2D eigenvalue weighted by Crippen LogP contribution is -2.45. The lowest BCUT2D eigenvalue weighted by Gasteiger charge is -2.22. The fourth-order valence-electron chi connectivity index (χ4n) is 3.10. The van der Waals surface area contributed by atoms with Crippen molar-refractivity contribution in [1.29, 1.82) is 0 Å². The second-order valence-electron chi connectivity index (χ2n) is 6.95. The monoisotopic (exact) mass is 396 g/mol. The Labute approximate surface area is 161 Å². The van der Waals surface area contributed by atoms with Crippen molar-refractivity contribution in [1.82, 2.24) is 9.62 Å². The highest BCUT2D eigenvalue weighted by Crippen LogP contribution is 2.23. The fourth-order valence-corrected chi connectivity index (χ4v) is 4.64. The molecular formula is C19H28N2O5S. The Bertz CT molecular complexity index is 800. The van der Waals surface area contributed by atoms with Crippen LogP contribution >= 0.6 is 0 Å². The van der Waals surface area contributed by atoms with Gasteiger partial charge in [0.15, 0.2) is 0 Å². The van der Waals surface area contributed by atoms with Crippen LogP contribution in [0, 0.1) is 12.8 Å². The highest BCUT2D eigenvalue weighted by atomic mass is 32.2. The predicted octanol–water partition coefficient (Wildman–Crippen LogP) is 2.10. The molecular weight excluding hydrogens is 368 g/mol. The molecule has 0 spiro atoms. The molecule has 0 saturated carbocycles. The van der Waals surface area contributed by atoms with Crippen molar-refractivity contribution in [3.63, 3.8) is 0 Å². The van der Waals surface area contributed by atoms with Crippen molar-refractivity contribution >= 4 is 21.9 Å². The van der Waals surface area contributed by atoms with Gasteiger partial charge in [0.1, 0.15) is 6.04 Å². The number of benzene rings is 1. The van der Waals surface area contributed by atoms with Gasteiger partial charge in [-0.25, -0.2) is 13.2 Å². The van der Waals surface area contributed by atoms with Gasteiger partial charge in [-0.15, -0.1) is 0 Å². The lowest BCUT2D eigenvalue weighted by molar-refractivity contribution is -0.144. The van der Waals surface area contributed by atoms with Gasteiger partial charge in [0.25, 0.3) is 5.91 Å². The van der Waals surface area contributed by atoms with Gasteiger partial charge in [0.05, 0.1) is 12.0 Å². The van der Waals surface area contributed by atoms with E-state index in [9.17, 15) is 18.0 Å². The molecule has 7 nitrogen and oxygen atoms in total. The summed E-state index contributed by atoms with van der Waals surface area (Å²) >= 11 is 0. The molecule has 150 valence electrons. The van der Waals surface area contributed by atoms with Crippen LogP contribution in [0.25, 0.3) is 0 Å². The minimum atomic E-state index is -3.62. The standard InChI is InChI=1S/C19H28N2O5S/c1-5-13(2)17(19(23)26-4)20-18(22)16-12-15(9-8-14(16)3)27(24,25)21-10-6-7-11-21/h8-9,12-13,17H,5-7,10-11H2,1-4H3,(H,20,22). The van der Waals surface area contributed by atoms with Gasteiger partial charge in [-0.1, -0.05) is 26.3 Å². The number of hydrogen-bond donors (Lipinski definition) is 1. The topological polar surface area (TPSA) is 92.8 Å². The Morgan fingerprint density at radius 1 is 1.26 bits per heavy atom. The number of ether oxygens (including phenoxy) is 1. The summed E-state index contributed by atoms with van der Waals surface area (Å²) in [7, 11) is -2.34. The molecule has 0 aliphatic carbocycles. The Balaban J connectivity index is 2.31. The molecule has 1 saturated heterocycles. The first-order chi connectivity index (χ1) is 12.7. The maximum atomic E-state index is 12.8. The number of esters is 1. The number of methoxy groups -OCH3 is 1. The summed E-state index contributed by atoms with van der Waals surface area (Å²) in [4.78, 5) is 24.9. The molecule has 0 aromatic heterocycles. The average molecular weight is 397 g/mol. The van der Waals surface area contributed by atoms with Crippen molar-refractivity contribution in [2.75, 3.05) is 20.2 Å². The van der Waals surface area contributed by atoms with Gasteiger partial charge in [0, 0.05) is 18.7 Å². The highest BCUT2D eigenvalue weighted by molar-refractivity contribution is 7.89. The number of sulfonamides is 1. The van der Waals surface area contributed by atoms with E-state index in [1.54, 1.807) is 13.0 Å². The average Bonchev–Trinajstić information content (AvgIpc) is 3.20. The SMILES string of the molecule is CCC(C)C(NC(=O)c1cc(S(=O)(=O)N2CCCC2)ccc1C)C(=O)OC. The maximum Gasteiger partial charge on any atom is 0.328 e. The molecule has 0 bridgehead atoms. The first-order valence-corrected chi connectivity index (χ1v) is 10.7. The van der Waals surface area contributed by atoms with Crippen LogP contribution in [0.15, 0.2) is 23.1 Å². The molecule has 1 N–H and O–H groups in total. The van der Waals surface area contributed by atoms with Crippen LogP contribution < -0.4 is 5.32 Å². The van der Waals surface area contributed by atoms with Crippen LogP contribution in [0.2, 0.25) is 0 Å². The van der Waals surface area contributed by atoms with Gasteiger partial charge < -0.3 is 10.1 Å². The quantitative estimate of drug-likeness (QED) is 0.713. The summed E-state index contributed by atoms with van der Waals surface area (Å²) in [5.74, 6) is -1.11. The zero-order valence-corrected chi connectivity index (χ0v) is 17.1. The Hall–Kier alpha value is -1.93. The number of aryl methyl sites for hydroxylation is 1. The number of hydrogen-bond acceptors (Lipinski definition) is 5. The van der Waals surface area contributed by atoms with Crippen LogP contribution in [0.4, 0.5) is 0 Å². The molecule has 1 aliphatic heterocycles. The van der Waals surface area contributed by atoms with Gasteiger partial charge in [0.2, 0.25) is 10.0 Å². The number of rotatable bonds is 7. The Morgan fingerprint density at radius 2 is 1.89 bits per heavy atom. The zero-order chi connectivity index (χ0) is 20.2. The van der Waals surface area contributed by atoms with E-state index in [4.69, 9.17) is 4.74 Å². The summed E-state index contributed by atoms with van der Waals surface area (Å²) in [5, 5.41) is 2.70. The van der Waals surface area contributed by atoms with E-state index in [1.165, 1.54) is 23.5 Å². The zero-order valence-electron chi connectivity index (χ0n) is 16.3. The highest BCUT2D eigenvalue weighted by Gasteiger charge is 2.30. The minimum absolute atomic E-state index is 0.0957. The smallest absolute Gasteiger partial charge is 0.328 e. The molecule has 2 unspecified atom stereocenters. The molecule has 1 heterocycles. The molecule has 0 radical (unpaired) electrons. The molecule has 1 aromatic carbocycles. The van der Waals surface area contributed by atoms with Gasteiger partial charge in [-0.05, 0) is 43.4 Å². The van der Waals surface area contributed by atoms with Crippen LogP contribution in [-0.4, -0.2) is 50.8 Å². The van der Waals surface area contributed by atoms with Crippen molar-refractivity contribution in [2.45, 2.75) is 51.0 Å². The van der Waals surface area contributed by atoms with Crippen LogP contribution in [0.3, 0.4) is 0 Å². The first-order valence-electron chi connectivity index (χ1n) is 9.21. The summed E-state index contributed by atoms with van der Waals surface area (Å²) in [6.45, 7) is 6.49. The van der Waals surface area contributed by atoms with Crippen molar-refractivity contribution < 1.29 is 22.7 Å². The van der Waals surface area contributed by atoms with Crippen molar-refractivity contribution in [2.24, 2.45) is 5.92 Å². The largest absolute Gasteiger partial charge is 0.467 e. The molecule has 1 amide bonds. The van der Waals surface area contributed by atoms with E-state index in [0.717, 1.165) is 12.8 Å². The summed E-state index contributed by atoms with van der Waals surface area (Å²) < 4.78 is 31.8. The number of nitrogens with one attached hydrogen (secondary N) is 1. The van der Waals surface area contributed by atoms with Gasteiger partial charge >= 0.3 is 5.97 Å². The molecule has 2 atom stereocenters. The van der Waals surface area contributed by atoms with Crippen LogP contribution in [0.1, 0.15) is 49.0 Å². The second-order valence-corrected chi connectivity index (χ2v) is 8.89. The van der Waals surface area contributed by atoms with Crippen LogP contribution in [0.5, 0.6) is 0 Å². The second kappa shape index (κ2) is 8.84. The fraction of sp³-hybridized carbons (Fsp3) is 0.579. The van der Waals surface area contributed by atoms with E-state index in [2.05, 4.69) is 5.32 Å². The van der Waals surface area contributed by atoms with E-state index >= 15 is 0 Å². The summed E-state index contributed by atoms with van der Waals surface area (Å²) in [6.07, 6.45) is 2.37. The summed E-state index contributed by atoms with van der Waals surface area (Å²) in [6, 6.07) is 3.75. The third-order valence-corrected chi connectivity index (χ3v) is 7.01. The molecule has 27 heavy (non-hydrogen) atoms. The van der Waals surface area contributed by atoms with E-state index in [-0.39, 0.29) is 16.4 Å². The van der Waals surface area contributed by atoms with Crippen LogP contribution in [-0.2, 0) is 19.6 Å². The van der Waals surface area contributed by atoms with Crippen molar-refractivity contribution in [3.05, 3.63) is 29.3 Å². The van der Waals surface area contributed by atoms with E-state index in [0.29, 0.717) is 25.1 Å². The number of amides is 1. The van der Waals surface area contributed by atoms with Gasteiger partial charge in [-0.3, -0.25) is 4.79 Å². The Morgan fingerprint density at radius 3 is 2.44 bits per heavy atom. The van der Waals surface area contributed by atoms with Gasteiger partial charge in [-0.2, -0.15) is 4.31 Å². The molecule has 8 heteroatoms. The third-order valence-electron chi connectivity index (χ3n) is 5.11. The van der Waals surface area contributed by atoms with E-state index in [1.807, 2.05) is 13.8 Å². The molecule has 2 rings (SSSR count). The molecule has 1 fully saturated rings. The molecule has 1 aliphatic rings. The minimum Gasteiger partial charge on any atom is -0.467 e. The Kier molecular flexibility index (Phi) is 7.00. The van der Waals surface area contributed by atoms with E-state index < -0.39 is 27.9 Å². The summed E-state index contributed by atoms with van der Waals surface area (Å²) in [5.41, 5.74) is 0.883. The number of carbonyl (C=O) groups excluding carboxylic acids is 2. The first kappa shape index (κ1) is 21.4.